The molecule has 0 radical (unpaired) electrons. The first-order chi connectivity index (χ1) is 14.0. The summed E-state index contributed by atoms with van der Waals surface area (Å²) in [6.45, 7) is 2.37. The van der Waals surface area contributed by atoms with Crippen LogP contribution in [0.15, 0.2) is 34.9 Å². The normalized spacial score (nSPS) is 16.4. The first-order valence-electron chi connectivity index (χ1n) is 9.51. The highest BCUT2D eigenvalue weighted by molar-refractivity contribution is 6.06. The summed E-state index contributed by atoms with van der Waals surface area (Å²) < 4.78 is 18.5. The van der Waals surface area contributed by atoms with Crippen LogP contribution in [-0.2, 0) is 11.2 Å². The van der Waals surface area contributed by atoms with Gasteiger partial charge in [0.2, 0.25) is 5.91 Å². The quantitative estimate of drug-likeness (QED) is 0.733. The highest BCUT2D eigenvalue weighted by Gasteiger charge is 2.35. The molecule has 0 bridgehead atoms. The van der Waals surface area contributed by atoms with Crippen LogP contribution in [0, 0.1) is 12.7 Å². The lowest BCUT2D eigenvalue weighted by Gasteiger charge is -2.23. The number of rotatable bonds is 4. The zero-order chi connectivity index (χ0) is 20.5. The van der Waals surface area contributed by atoms with Crippen LogP contribution in [0.2, 0.25) is 0 Å². The zero-order valence-corrected chi connectivity index (χ0v) is 16.2. The summed E-state index contributed by atoms with van der Waals surface area (Å²) in [6, 6.07) is 7.32. The summed E-state index contributed by atoms with van der Waals surface area (Å²) in [6.07, 6.45) is 1.72. The Morgan fingerprint density at radius 2 is 2.07 bits per heavy atom. The van der Waals surface area contributed by atoms with Crippen molar-refractivity contribution in [1.82, 2.24) is 20.4 Å². The Morgan fingerprint density at radius 3 is 2.79 bits per heavy atom. The van der Waals surface area contributed by atoms with Gasteiger partial charge in [0, 0.05) is 19.3 Å². The van der Waals surface area contributed by atoms with Gasteiger partial charge in [-0.1, -0.05) is 17.3 Å². The third-order valence-corrected chi connectivity index (χ3v) is 5.23. The Bertz CT molecular complexity index is 1080. The molecule has 0 aliphatic carbocycles. The van der Waals surface area contributed by atoms with E-state index in [2.05, 4.69) is 15.5 Å². The van der Waals surface area contributed by atoms with Gasteiger partial charge in [0.05, 0.1) is 23.4 Å². The predicted octanol–water partition coefficient (Wildman–Crippen LogP) is 2.94. The number of amides is 2. The van der Waals surface area contributed by atoms with Crippen molar-refractivity contribution >= 4 is 22.9 Å². The Hall–Kier alpha value is -3.29. The van der Waals surface area contributed by atoms with E-state index >= 15 is 0 Å². The molecular formula is C21H21FN4O3. The van der Waals surface area contributed by atoms with E-state index in [9.17, 15) is 14.0 Å². The van der Waals surface area contributed by atoms with Crippen LogP contribution >= 0.6 is 0 Å². The summed E-state index contributed by atoms with van der Waals surface area (Å²) in [4.78, 5) is 31.5. The molecule has 3 aromatic rings. The van der Waals surface area contributed by atoms with Gasteiger partial charge in [-0.25, -0.2) is 9.37 Å². The van der Waals surface area contributed by atoms with Gasteiger partial charge in [-0.05, 0) is 43.5 Å². The Labute approximate surface area is 166 Å². The summed E-state index contributed by atoms with van der Waals surface area (Å²) in [5.41, 5.74) is 2.67. The third kappa shape index (κ3) is 3.57. The predicted molar refractivity (Wildman–Crippen MR) is 104 cm³/mol. The first kappa shape index (κ1) is 19.0. The summed E-state index contributed by atoms with van der Waals surface area (Å²) in [5.74, 6) is -0.664. The van der Waals surface area contributed by atoms with E-state index in [1.165, 1.54) is 12.1 Å². The SMILES string of the molecule is CNC(=O)c1cc(C)nc2onc(C3CCCN3C(=O)Cc3ccc(F)cc3)c12. The molecule has 1 atom stereocenters. The van der Waals surface area contributed by atoms with E-state index < -0.39 is 0 Å². The van der Waals surface area contributed by atoms with Gasteiger partial charge < -0.3 is 14.7 Å². The minimum Gasteiger partial charge on any atom is -0.355 e. The van der Waals surface area contributed by atoms with Gasteiger partial charge in [-0.2, -0.15) is 0 Å². The number of fused-ring (bicyclic) bond motifs is 1. The second-order valence-corrected chi connectivity index (χ2v) is 7.19. The van der Waals surface area contributed by atoms with Crippen molar-refractivity contribution in [3.8, 4) is 0 Å². The van der Waals surface area contributed by atoms with Crippen molar-refractivity contribution in [2.75, 3.05) is 13.6 Å². The van der Waals surface area contributed by atoms with E-state index in [0.717, 1.165) is 18.4 Å². The average molecular weight is 396 g/mol. The van der Waals surface area contributed by atoms with Crippen LogP contribution in [0.3, 0.4) is 0 Å². The third-order valence-electron chi connectivity index (χ3n) is 5.23. The fourth-order valence-corrected chi connectivity index (χ4v) is 3.87. The Kier molecular flexibility index (Phi) is 5.00. The minimum absolute atomic E-state index is 0.0724. The van der Waals surface area contributed by atoms with E-state index in [0.29, 0.717) is 28.9 Å². The lowest BCUT2D eigenvalue weighted by molar-refractivity contribution is -0.131. The molecule has 1 aliphatic heterocycles. The number of aryl methyl sites for hydroxylation is 1. The molecule has 1 N–H and O–H groups in total. The molecule has 29 heavy (non-hydrogen) atoms. The number of nitrogens with one attached hydrogen (secondary N) is 1. The van der Waals surface area contributed by atoms with E-state index in [1.807, 2.05) is 0 Å². The van der Waals surface area contributed by atoms with E-state index in [1.54, 1.807) is 37.1 Å². The number of hydrogen-bond donors (Lipinski definition) is 1. The largest absolute Gasteiger partial charge is 0.355 e. The molecule has 1 aliphatic rings. The summed E-state index contributed by atoms with van der Waals surface area (Å²) in [5, 5.41) is 7.36. The molecule has 2 aromatic heterocycles. The molecule has 0 saturated carbocycles. The number of carbonyl (C=O) groups is 2. The number of hydrogen-bond acceptors (Lipinski definition) is 5. The number of benzene rings is 1. The lowest BCUT2D eigenvalue weighted by atomic mass is 10.0. The van der Waals surface area contributed by atoms with Crippen molar-refractivity contribution < 1.29 is 18.5 Å². The minimum atomic E-state index is -0.334. The number of nitrogens with zero attached hydrogens (tertiary/aromatic N) is 3. The maximum Gasteiger partial charge on any atom is 0.259 e. The van der Waals surface area contributed by atoms with Crippen molar-refractivity contribution in [2.24, 2.45) is 0 Å². The zero-order valence-electron chi connectivity index (χ0n) is 16.2. The standard InChI is InChI=1S/C21H21FN4O3/c1-12-10-15(20(28)23-2)18-19(25-29-21(18)24-12)16-4-3-9-26(16)17(27)11-13-5-7-14(22)8-6-13/h5-8,10,16H,3-4,9,11H2,1-2H3,(H,23,28). The van der Waals surface area contributed by atoms with Gasteiger partial charge in [0.15, 0.2) is 0 Å². The maximum atomic E-state index is 13.1. The van der Waals surface area contributed by atoms with Gasteiger partial charge in [0.25, 0.3) is 11.6 Å². The summed E-state index contributed by atoms with van der Waals surface area (Å²) >= 11 is 0. The van der Waals surface area contributed by atoms with Gasteiger partial charge in [0.1, 0.15) is 11.5 Å². The molecule has 150 valence electrons. The van der Waals surface area contributed by atoms with Crippen LogP contribution in [0.25, 0.3) is 11.1 Å². The molecule has 1 aromatic carbocycles. The molecule has 4 rings (SSSR count). The lowest BCUT2D eigenvalue weighted by Crippen LogP contribution is -2.32. The highest BCUT2D eigenvalue weighted by Crippen LogP contribution is 2.37. The number of halogens is 1. The molecular weight excluding hydrogens is 375 g/mol. The fourth-order valence-electron chi connectivity index (χ4n) is 3.87. The topological polar surface area (TPSA) is 88.3 Å². The molecule has 7 nitrogen and oxygen atoms in total. The number of likely N-dealkylation sites (tertiary alicyclic amines) is 1. The van der Waals surface area contributed by atoms with E-state index in [4.69, 9.17) is 4.52 Å². The molecule has 0 spiro atoms. The first-order valence-corrected chi connectivity index (χ1v) is 9.51. The van der Waals surface area contributed by atoms with Crippen molar-refractivity contribution in [3.05, 3.63) is 58.7 Å². The van der Waals surface area contributed by atoms with Crippen LogP contribution < -0.4 is 5.32 Å². The van der Waals surface area contributed by atoms with Crippen LogP contribution in [0.1, 0.15) is 46.2 Å². The van der Waals surface area contributed by atoms with Crippen LogP contribution in [0.5, 0.6) is 0 Å². The van der Waals surface area contributed by atoms with Gasteiger partial charge in [-0.3, -0.25) is 9.59 Å². The average Bonchev–Trinajstić information content (AvgIpc) is 3.35. The molecule has 8 heteroatoms. The molecule has 1 fully saturated rings. The van der Waals surface area contributed by atoms with E-state index in [-0.39, 0.29) is 35.8 Å². The van der Waals surface area contributed by atoms with Gasteiger partial charge >= 0.3 is 0 Å². The van der Waals surface area contributed by atoms with Gasteiger partial charge in [-0.15, -0.1) is 0 Å². The number of carbonyl (C=O) groups excluding carboxylic acids is 2. The Balaban J connectivity index is 1.68. The molecule has 1 unspecified atom stereocenters. The van der Waals surface area contributed by atoms with Crippen LogP contribution in [-0.4, -0.2) is 40.4 Å². The molecule has 2 amide bonds. The Morgan fingerprint density at radius 1 is 1.31 bits per heavy atom. The number of aromatic nitrogens is 2. The second kappa shape index (κ2) is 7.62. The monoisotopic (exact) mass is 396 g/mol. The fraction of sp³-hybridized carbons (Fsp3) is 0.333. The maximum absolute atomic E-state index is 13.1. The van der Waals surface area contributed by atoms with Crippen molar-refractivity contribution in [2.45, 2.75) is 32.2 Å². The number of pyridine rings is 1. The highest BCUT2D eigenvalue weighted by atomic mass is 19.1. The molecule has 3 heterocycles. The van der Waals surface area contributed by atoms with Crippen molar-refractivity contribution in [1.29, 1.82) is 0 Å². The van der Waals surface area contributed by atoms with Crippen LogP contribution in [0.4, 0.5) is 4.39 Å². The second-order valence-electron chi connectivity index (χ2n) is 7.19. The smallest absolute Gasteiger partial charge is 0.259 e. The summed E-state index contributed by atoms with van der Waals surface area (Å²) in [7, 11) is 1.56. The van der Waals surface area contributed by atoms with Crippen molar-refractivity contribution in [3.63, 3.8) is 0 Å². The molecule has 1 saturated heterocycles.